The predicted octanol–water partition coefficient (Wildman–Crippen LogP) is 7.22. The van der Waals surface area contributed by atoms with E-state index in [1.165, 1.54) is 26.5 Å². The molecule has 5 aromatic carbocycles. The number of hydrogen-bond donors (Lipinski definition) is 0. The molecule has 0 bridgehead atoms. The topological polar surface area (TPSA) is 25.2 Å². The summed E-state index contributed by atoms with van der Waals surface area (Å²) in [6.45, 7) is 0. The van der Waals surface area contributed by atoms with Crippen molar-refractivity contribution in [2.24, 2.45) is 4.99 Å². The summed E-state index contributed by atoms with van der Waals surface area (Å²) in [4.78, 5) is 10.1. The molecule has 0 unspecified atom stereocenters. The molecule has 1 heterocycles. The molecule has 0 amide bonds. The van der Waals surface area contributed by atoms with E-state index in [2.05, 4.69) is 158 Å². The number of pyridine rings is 1. The molecule has 6 aromatic rings. The first-order chi connectivity index (χ1) is 20.3. The summed E-state index contributed by atoms with van der Waals surface area (Å²) in [7, 11) is -1.31. The number of para-hydroxylation sites is 1. The molecule has 0 spiro atoms. The smallest absolute Gasteiger partial charge is 0.0816 e. The number of rotatable bonds is 9. The number of nitrogens with zero attached hydrogens (tertiary/aromatic N) is 2. The van der Waals surface area contributed by atoms with Crippen LogP contribution in [0.15, 0.2) is 169 Å². The minimum Gasteiger partial charge on any atom is -0.254 e. The van der Waals surface area contributed by atoms with Gasteiger partial charge < -0.3 is 0 Å². The number of benzene rings is 5. The molecule has 1 aromatic heterocycles. The Morgan fingerprint density at radius 1 is 0.488 bits per heavy atom. The van der Waals surface area contributed by atoms with Gasteiger partial charge in [-0.05, 0) is 55.3 Å². The van der Waals surface area contributed by atoms with Crippen molar-refractivity contribution in [3.63, 3.8) is 0 Å². The van der Waals surface area contributed by atoms with Gasteiger partial charge in [0, 0.05) is 17.2 Å². The lowest BCUT2D eigenvalue weighted by Gasteiger charge is -2.20. The maximum Gasteiger partial charge on any atom is 0.0816 e. The van der Waals surface area contributed by atoms with Crippen LogP contribution >= 0.6 is 15.8 Å². The summed E-state index contributed by atoms with van der Waals surface area (Å²) in [5.74, 6) is 0. The van der Waals surface area contributed by atoms with Gasteiger partial charge in [0.2, 0.25) is 0 Å². The van der Waals surface area contributed by atoms with Gasteiger partial charge in [-0.3, -0.25) is 9.98 Å². The molecule has 0 atom stereocenters. The zero-order valence-corrected chi connectivity index (χ0v) is 24.5. The Bertz CT molecular complexity index is 1630. The minimum absolute atomic E-state index is 0.562. The first kappa shape index (κ1) is 27.0. The molecule has 2 nitrogen and oxygen atoms in total. The second-order valence-corrected chi connectivity index (χ2v) is 14.0. The van der Waals surface area contributed by atoms with E-state index in [1.54, 1.807) is 0 Å². The third-order valence-electron chi connectivity index (χ3n) is 6.77. The molecule has 0 aliphatic heterocycles. The Morgan fingerprint density at radius 3 is 1.54 bits per heavy atom. The van der Waals surface area contributed by atoms with Crippen LogP contribution in [0.1, 0.15) is 11.4 Å². The second-order valence-electron chi connectivity index (χ2n) is 9.56. The monoisotopic (exact) mass is 564 g/mol. The van der Waals surface area contributed by atoms with Crippen LogP contribution < -0.4 is 26.5 Å². The van der Waals surface area contributed by atoms with Crippen LogP contribution in [0.3, 0.4) is 0 Å². The lowest BCUT2D eigenvalue weighted by atomic mass is 10.3. The molecule has 0 N–H and O–H groups in total. The lowest BCUT2D eigenvalue weighted by molar-refractivity contribution is 1.16. The van der Waals surface area contributed by atoms with Crippen molar-refractivity contribution in [1.29, 1.82) is 0 Å². The van der Waals surface area contributed by atoms with E-state index >= 15 is 0 Å². The quantitative estimate of drug-likeness (QED) is 0.134. The van der Waals surface area contributed by atoms with Crippen molar-refractivity contribution in [3.8, 4) is 0 Å². The maximum atomic E-state index is 5.04. The average Bonchev–Trinajstić information content (AvgIpc) is 3.05. The Hall–Kier alpha value is -4.22. The highest BCUT2D eigenvalue weighted by Gasteiger charge is 2.19. The summed E-state index contributed by atoms with van der Waals surface area (Å²) in [6.07, 6.45) is 2.80. The van der Waals surface area contributed by atoms with E-state index in [0.717, 1.165) is 23.2 Å². The Balaban J connectivity index is 1.31. The highest BCUT2D eigenvalue weighted by atomic mass is 31.1. The van der Waals surface area contributed by atoms with Gasteiger partial charge in [-0.25, -0.2) is 0 Å². The van der Waals surface area contributed by atoms with Crippen molar-refractivity contribution in [2.45, 2.75) is 6.16 Å². The standard InChI is InChI=1S/C37H30N2P2/c1-5-18-32(19-6-1)40(33-20-7-2-8-21-33)29-31-17-15-16-30(39-31)28-38-36-26-13-14-27-37(36)41(34-22-9-3-10-23-34)35-24-11-4-12-25-35/h1-28H,29H2/b38-28+. The average molecular weight is 565 g/mol. The van der Waals surface area contributed by atoms with Gasteiger partial charge in [0.1, 0.15) is 0 Å². The highest BCUT2D eigenvalue weighted by Crippen LogP contribution is 2.38. The fraction of sp³-hybridized carbons (Fsp3) is 0.0270. The third kappa shape index (κ3) is 6.75. The first-order valence-corrected chi connectivity index (χ1v) is 16.6. The summed E-state index contributed by atoms with van der Waals surface area (Å²) in [6, 6.07) is 57.9. The van der Waals surface area contributed by atoms with Crippen LogP contribution in [0.2, 0.25) is 0 Å². The molecule has 0 radical (unpaired) electrons. The summed E-state index contributed by atoms with van der Waals surface area (Å²) >= 11 is 0. The molecule has 41 heavy (non-hydrogen) atoms. The molecule has 0 aliphatic rings. The van der Waals surface area contributed by atoms with Gasteiger partial charge in [-0.1, -0.05) is 146 Å². The fourth-order valence-electron chi connectivity index (χ4n) is 4.85. The highest BCUT2D eigenvalue weighted by molar-refractivity contribution is 7.80. The summed E-state index contributed by atoms with van der Waals surface area (Å²) in [5, 5.41) is 6.58. The SMILES string of the molecule is C(=N\c1ccccc1P(c1ccccc1)c1ccccc1)/c1cccc(CP(c2ccccc2)c2ccccc2)n1. The predicted molar refractivity (Wildman–Crippen MR) is 179 cm³/mol. The van der Waals surface area contributed by atoms with Gasteiger partial charge in [0.15, 0.2) is 0 Å². The van der Waals surface area contributed by atoms with Crippen LogP contribution in [0.25, 0.3) is 0 Å². The van der Waals surface area contributed by atoms with Crippen LogP contribution in [0, 0.1) is 0 Å². The molecule has 0 aliphatic carbocycles. The third-order valence-corrected chi connectivity index (χ3v) is 11.7. The summed E-state index contributed by atoms with van der Waals surface area (Å²) < 4.78 is 0. The van der Waals surface area contributed by atoms with E-state index in [1.807, 2.05) is 12.3 Å². The van der Waals surface area contributed by atoms with Crippen molar-refractivity contribution in [1.82, 2.24) is 4.98 Å². The first-order valence-electron chi connectivity index (χ1n) is 13.7. The van der Waals surface area contributed by atoms with Crippen LogP contribution in [0.4, 0.5) is 5.69 Å². The van der Waals surface area contributed by atoms with E-state index in [9.17, 15) is 0 Å². The molecule has 198 valence electrons. The van der Waals surface area contributed by atoms with Crippen LogP contribution in [-0.2, 0) is 6.16 Å². The molecule has 0 saturated heterocycles. The van der Waals surface area contributed by atoms with E-state index in [0.29, 0.717) is 0 Å². The number of aromatic nitrogens is 1. The molecule has 0 fully saturated rings. The minimum atomic E-state index is -0.748. The molecular weight excluding hydrogens is 534 g/mol. The lowest BCUT2D eigenvalue weighted by Crippen LogP contribution is -2.20. The largest absolute Gasteiger partial charge is 0.254 e. The van der Waals surface area contributed by atoms with E-state index < -0.39 is 15.8 Å². The Labute approximate surface area is 245 Å². The number of aliphatic imine (C=N–C) groups is 1. The van der Waals surface area contributed by atoms with Crippen LogP contribution in [-0.4, -0.2) is 11.2 Å². The Morgan fingerprint density at radius 2 is 0.976 bits per heavy atom. The van der Waals surface area contributed by atoms with Gasteiger partial charge in [0.05, 0.1) is 17.6 Å². The molecular formula is C37H30N2P2. The molecule has 0 saturated carbocycles. The fourth-order valence-corrected chi connectivity index (χ4v) is 9.47. The van der Waals surface area contributed by atoms with Gasteiger partial charge in [-0.15, -0.1) is 0 Å². The van der Waals surface area contributed by atoms with Crippen molar-refractivity contribution in [2.75, 3.05) is 0 Å². The Kier molecular flexibility index (Phi) is 8.83. The zero-order chi connectivity index (χ0) is 27.7. The molecule has 6 rings (SSSR count). The van der Waals surface area contributed by atoms with Gasteiger partial charge in [-0.2, -0.15) is 0 Å². The van der Waals surface area contributed by atoms with E-state index in [-0.39, 0.29) is 0 Å². The van der Waals surface area contributed by atoms with Gasteiger partial charge in [0.25, 0.3) is 0 Å². The number of hydrogen-bond acceptors (Lipinski definition) is 2. The van der Waals surface area contributed by atoms with Crippen molar-refractivity contribution < 1.29 is 0 Å². The molecule has 4 heteroatoms. The summed E-state index contributed by atoms with van der Waals surface area (Å²) in [5.41, 5.74) is 2.93. The van der Waals surface area contributed by atoms with Crippen molar-refractivity contribution in [3.05, 3.63) is 175 Å². The van der Waals surface area contributed by atoms with E-state index in [4.69, 9.17) is 9.98 Å². The van der Waals surface area contributed by atoms with Gasteiger partial charge >= 0.3 is 0 Å². The maximum absolute atomic E-state index is 5.04. The normalized spacial score (nSPS) is 11.4. The second kappa shape index (κ2) is 13.4. The zero-order valence-electron chi connectivity index (χ0n) is 22.7. The van der Waals surface area contributed by atoms with Crippen molar-refractivity contribution >= 4 is 54.3 Å². The van der Waals surface area contributed by atoms with Crippen LogP contribution in [0.5, 0.6) is 0 Å².